The molecule has 2 atom stereocenters. The first-order valence-electron chi connectivity index (χ1n) is 8.17. The van der Waals surface area contributed by atoms with E-state index in [1.165, 1.54) is 4.68 Å². The maximum absolute atomic E-state index is 12.6. The van der Waals surface area contributed by atoms with Crippen molar-refractivity contribution in [2.24, 2.45) is 5.92 Å². The van der Waals surface area contributed by atoms with Gasteiger partial charge in [-0.25, -0.2) is 19.4 Å². The minimum Gasteiger partial charge on any atom is -0.317 e. The first-order chi connectivity index (χ1) is 12.2. The molecule has 2 unspecified atom stereocenters. The second-order valence-corrected chi connectivity index (χ2v) is 6.14. The molecule has 4 rings (SSSR count). The van der Waals surface area contributed by atoms with Crippen molar-refractivity contribution < 1.29 is 4.79 Å². The molecule has 126 valence electrons. The second kappa shape index (κ2) is 6.35. The number of likely N-dealkylation sites (tertiary alicyclic amines) is 1. The number of benzene rings is 1. The van der Waals surface area contributed by atoms with Gasteiger partial charge in [-0.05, 0) is 17.5 Å². The monoisotopic (exact) mass is 334 g/mol. The Morgan fingerprint density at radius 1 is 1.16 bits per heavy atom. The van der Waals surface area contributed by atoms with Crippen molar-refractivity contribution in [1.29, 1.82) is 0 Å². The molecule has 2 amide bonds. The van der Waals surface area contributed by atoms with Crippen LogP contribution in [-0.4, -0.2) is 37.2 Å². The average Bonchev–Trinajstić information content (AvgIpc) is 3.09. The number of urea groups is 1. The number of nitrogens with one attached hydrogen (secondary N) is 1. The van der Waals surface area contributed by atoms with Crippen molar-refractivity contribution in [2.45, 2.75) is 13.0 Å². The van der Waals surface area contributed by atoms with Gasteiger partial charge in [-0.2, -0.15) is 5.10 Å². The minimum absolute atomic E-state index is 0.105. The first-order valence-corrected chi connectivity index (χ1v) is 8.17. The molecule has 3 heterocycles. The summed E-state index contributed by atoms with van der Waals surface area (Å²) in [4.78, 5) is 22.7. The summed E-state index contributed by atoms with van der Waals surface area (Å²) in [5.41, 5.74) is 1.77. The summed E-state index contributed by atoms with van der Waals surface area (Å²) in [5.74, 6) is 0.899. The molecule has 1 aromatic carbocycles. The van der Waals surface area contributed by atoms with Crippen molar-refractivity contribution in [2.75, 3.05) is 11.9 Å². The number of carbonyl (C=O) groups excluding carboxylic acids is 1. The predicted molar refractivity (Wildman–Crippen MR) is 93.2 cm³/mol. The van der Waals surface area contributed by atoms with E-state index in [0.717, 1.165) is 12.1 Å². The normalized spacial score (nSPS) is 19.3. The third-order valence-corrected chi connectivity index (χ3v) is 4.35. The van der Waals surface area contributed by atoms with Crippen LogP contribution < -0.4 is 5.32 Å². The zero-order valence-corrected chi connectivity index (χ0v) is 13.8. The molecule has 25 heavy (non-hydrogen) atoms. The largest absolute Gasteiger partial charge is 0.322 e. The average molecular weight is 334 g/mol. The van der Waals surface area contributed by atoms with Gasteiger partial charge in [-0.15, -0.1) is 0 Å². The number of amides is 2. The molecule has 1 N–H and O–H groups in total. The number of anilines is 1. The van der Waals surface area contributed by atoms with Crippen LogP contribution in [0.25, 0.3) is 5.95 Å². The lowest BCUT2D eigenvalue weighted by Gasteiger charge is -2.46. The minimum atomic E-state index is -0.125. The molecule has 1 aliphatic rings. The van der Waals surface area contributed by atoms with Gasteiger partial charge in [-0.3, -0.25) is 0 Å². The highest BCUT2D eigenvalue weighted by Gasteiger charge is 2.40. The summed E-state index contributed by atoms with van der Waals surface area (Å²) in [6, 6.07) is 11.8. The van der Waals surface area contributed by atoms with Crippen LogP contribution >= 0.6 is 0 Å². The Hall–Kier alpha value is -3.22. The van der Waals surface area contributed by atoms with E-state index in [1.54, 1.807) is 30.9 Å². The van der Waals surface area contributed by atoms with E-state index in [0.29, 0.717) is 17.6 Å². The Labute approximate surface area is 145 Å². The third kappa shape index (κ3) is 2.96. The van der Waals surface area contributed by atoms with Crippen LogP contribution in [0.15, 0.2) is 61.2 Å². The number of nitrogens with zero attached hydrogens (tertiary/aromatic N) is 5. The van der Waals surface area contributed by atoms with Gasteiger partial charge in [0, 0.05) is 18.9 Å². The number of hydrogen-bond donors (Lipinski definition) is 1. The maximum Gasteiger partial charge on any atom is 0.322 e. The highest BCUT2D eigenvalue weighted by molar-refractivity contribution is 5.90. The molecule has 0 saturated carbocycles. The number of hydrogen-bond acceptors (Lipinski definition) is 4. The first kappa shape index (κ1) is 15.3. The van der Waals surface area contributed by atoms with E-state index < -0.39 is 0 Å². The fraction of sp³-hybridized carbons (Fsp3) is 0.222. The van der Waals surface area contributed by atoms with E-state index in [-0.39, 0.29) is 12.1 Å². The van der Waals surface area contributed by atoms with Gasteiger partial charge < -0.3 is 10.2 Å². The zero-order chi connectivity index (χ0) is 17.2. The van der Waals surface area contributed by atoms with Gasteiger partial charge in [0.05, 0.1) is 24.1 Å². The molecule has 2 aromatic heterocycles. The van der Waals surface area contributed by atoms with Crippen LogP contribution in [0.4, 0.5) is 10.5 Å². The van der Waals surface area contributed by atoms with E-state index in [1.807, 2.05) is 23.1 Å². The van der Waals surface area contributed by atoms with Gasteiger partial charge >= 0.3 is 6.03 Å². The van der Waals surface area contributed by atoms with Crippen molar-refractivity contribution in [3.05, 3.63) is 66.7 Å². The molecule has 0 aliphatic carbocycles. The topological polar surface area (TPSA) is 75.9 Å². The molecule has 0 spiro atoms. The SMILES string of the molecule is CC1CN(C(=O)Nc2cnn(-c3ncccn3)c2)C1c1ccccc1. The lowest BCUT2D eigenvalue weighted by Crippen LogP contribution is -2.53. The molecule has 7 nitrogen and oxygen atoms in total. The van der Waals surface area contributed by atoms with Crippen LogP contribution in [-0.2, 0) is 0 Å². The molecule has 7 heteroatoms. The van der Waals surface area contributed by atoms with Gasteiger partial charge in [0.15, 0.2) is 0 Å². The Kier molecular flexibility index (Phi) is 3.89. The number of rotatable bonds is 3. The molecule has 1 aliphatic heterocycles. The van der Waals surface area contributed by atoms with Gasteiger partial charge in [0.2, 0.25) is 5.95 Å². The highest BCUT2D eigenvalue weighted by atomic mass is 16.2. The summed E-state index contributed by atoms with van der Waals surface area (Å²) in [5, 5.41) is 7.10. The molecule has 1 saturated heterocycles. The van der Waals surface area contributed by atoms with Crippen LogP contribution in [0.2, 0.25) is 0 Å². The Morgan fingerprint density at radius 3 is 2.64 bits per heavy atom. The molecular formula is C18H18N6O. The standard InChI is InChI=1S/C18H18N6O/c1-13-11-23(16(13)14-6-3-2-4-7-14)18(25)22-15-10-21-24(12-15)17-19-8-5-9-20-17/h2-10,12-13,16H,11H2,1H3,(H,22,25). The van der Waals surface area contributed by atoms with E-state index in [2.05, 4.69) is 39.4 Å². The number of carbonyl (C=O) groups is 1. The Balaban J connectivity index is 1.47. The van der Waals surface area contributed by atoms with Crippen LogP contribution in [0.5, 0.6) is 0 Å². The summed E-state index contributed by atoms with van der Waals surface area (Å²) in [7, 11) is 0. The van der Waals surface area contributed by atoms with Gasteiger partial charge in [-0.1, -0.05) is 37.3 Å². The second-order valence-electron chi connectivity index (χ2n) is 6.14. The van der Waals surface area contributed by atoms with Crippen LogP contribution in [0.3, 0.4) is 0 Å². The summed E-state index contributed by atoms with van der Waals surface area (Å²) in [6.45, 7) is 2.90. The molecule has 0 radical (unpaired) electrons. The lowest BCUT2D eigenvalue weighted by atomic mass is 9.85. The van der Waals surface area contributed by atoms with E-state index >= 15 is 0 Å². The lowest BCUT2D eigenvalue weighted by molar-refractivity contribution is 0.0671. The zero-order valence-electron chi connectivity index (χ0n) is 13.8. The smallest absolute Gasteiger partial charge is 0.317 e. The third-order valence-electron chi connectivity index (χ3n) is 4.35. The molecule has 1 fully saturated rings. The van der Waals surface area contributed by atoms with Crippen molar-refractivity contribution >= 4 is 11.7 Å². The van der Waals surface area contributed by atoms with Crippen molar-refractivity contribution in [3.63, 3.8) is 0 Å². The summed E-state index contributed by atoms with van der Waals surface area (Å²) in [6.07, 6.45) is 6.59. The fourth-order valence-electron chi connectivity index (χ4n) is 3.16. The maximum atomic E-state index is 12.6. The molecular weight excluding hydrogens is 316 g/mol. The predicted octanol–water partition coefficient (Wildman–Crippen LogP) is 2.89. The quantitative estimate of drug-likeness (QED) is 0.799. The van der Waals surface area contributed by atoms with Crippen molar-refractivity contribution in [3.8, 4) is 5.95 Å². The molecule has 3 aromatic rings. The van der Waals surface area contributed by atoms with Gasteiger partial charge in [0.25, 0.3) is 0 Å². The number of aromatic nitrogens is 4. The summed E-state index contributed by atoms with van der Waals surface area (Å²) >= 11 is 0. The Bertz CT molecular complexity index is 864. The van der Waals surface area contributed by atoms with Gasteiger partial charge in [0.1, 0.15) is 0 Å². The van der Waals surface area contributed by atoms with Crippen molar-refractivity contribution in [1.82, 2.24) is 24.6 Å². The van der Waals surface area contributed by atoms with Crippen LogP contribution in [0.1, 0.15) is 18.5 Å². The summed E-state index contributed by atoms with van der Waals surface area (Å²) < 4.78 is 1.53. The highest BCUT2D eigenvalue weighted by Crippen LogP contribution is 2.38. The van der Waals surface area contributed by atoms with E-state index in [9.17, 15) is 4.79 Å². The Morgan fingerprint density at radius 2 is 1.92 bits per heavy atom. The van der Waals surface area contributed by atoms with E-state index in [4.69, 9.17) is 0 Å². The van der Waals surface area contributed by atoms with Crippen LogP contribution in [0, 0.1) is 5.92 Å². The molecule has 0 bridgehead atoms. The fourth-order valence-corrected chi connectivity index (χ4v) is 3.16.